The van der Waals surface area contributed by atoms with Gasteiger partial charge in [-0.15, -0.1) is 0 Å². The summed E-state index contributed by atoms with van der Waals surface area (Å²) in [6.07, 6.45) is 5.19. The molecule has 4 heteroatoms. The van der Waals surface area contributed by atoms with Crippen LogP contribution in [0.4, 0.5) is 5.82 Å². The lowest BCUT2D eigenvalue weighted by Gasteiger charge is -2.18. The molecule has 0 radical (unpaired) electrons. The Bertz CT molecular complexity index is 508. The predicted molar refractivity (Wildman–Crippen MR) is 57.7 cm³/mol. The Labute approximate surface area is 87.3 Å². The quantitative estimate of drug-likeness (QED) is 0.757. The van der Waals surface area contributed by atoms with E-state index >= 15 is 0 Å². The smallest absolute Gasteiger partial charge is 0.156 e. The molecule has 2 aliphatic rings. The molecule has 2 aromatic rings. The Hall–Kier alpha value is -1.58. The van der Waals surface area contributed by atoms with E-state index in [0.29, 0.717) is 0 Å². The lowest BCUT2D eigenvalue weighted by atomic mass is 10.4. The fourth-order valence-corrected chi connectivity index (χ4v) is 2.56. The van der Waals surface area contributed by atoms with E-state index in [4.69, 9.17) is 0 Å². The first kappa shape index (κ1) is 7.68. The fraction of sp³-hybridized carbons (Fsp3) is 0.455. The highest BCUT2D eigenvalue weighted by Gasteiger charge is 2.45. The standard InChI is InChI=1S/C11H12N4/c1-2-12-11-9(1)14-10(4-13-11)15-5-7-3-8(7)6-15/h1-2,4,7-8H,3,5-6H2,(H,12,13). The zero-order valence-corrected chi connectivity index (χ0v) is 8.35. The maximum atomic E-state index is 4.60. The summed E-state index contributed by atoms with van der Waals surface area (Å²) in [5.41, 5.74) is 1.84. The van der Waals surface area contributed by atoms with Gasteiger partial charge in [-0.25, -0.2) is 9.97 Å². The molecule has 1 saturated heterocycles. The van der Waals surface area contributed by atoms with Crippen LogP contribution in [0.15, 0.2) is 18.5 Å². The number of aromatic nitrogens is 3. The molecular weight excluding hydrogens is 188 g/mol. The molecule has 1 aliphatic heterocycles. The molecule has 0 spiro atoms. The number of aromatic amines is 1. The molecule has 76 valence electrons. The van der Waals surface area contributed by atoms with E-state index in [2.05, 4.69) is 19.9 Å². The van der Waals surface area contributed by atoms with Crippen molar-refractivity contribution in [2.24, 2.45) is 11.8 Å². The van der Waals surface area contributed by atoms with Gasteiger partial charge in [0.25, 0.3) is 0 Å². The number of anilines is 1. The predicted octanol–water partition coefficient (Wildman–Crippen LogP) is 1.41. The van der Waals surface area contributed by atoms with Crippen molar-refractivity contribution in [1.29, 1.82) is 0 Å². The Morgan fingerprint density at radius 3 is 3.07 bits per heavy atom. The summed E-state index contributed by atoms with van der Waals surface area (Å²) < 4.78 is 0. The van der Waals surface area contributed by atoms with Crippen molar-refractivity contribution in [3.63, 3.8) is 0 Å². The summed E-state index contributed by atoms with van der Waals surface area (Å²) in [5, 5.41) is 0. The van der Waals surface area contributed by atoms with Crippen LogP contribution in [0.1, 0.15) is 6.42 Å². The second kappa shape index (κ2) is 2.51. The number of rotatable bonds is 1. The van der Waals surface area contributed by atoms with Crippen molar-refractivity contribution in [3.8, 4) is 0 Å². The lowest BCUT2D eigenvalue weighted by Crippen LogP contribution is -2.22. The topological polar surface area (TPSA) is 44.8 Å². The second-order valence-electron chi connectivity index (χ2n) is 4.60. The van der Waals surface area contributed by atoms with Crippen LogP contribution in [0.2, 0.25) is 0 Å². The highest BCUT2D eigenvalue weighted by molar-refractivity contribution is 5.72. The first-order chi connectivity index (χ1) is 7.40. The van der Waals surface area contributed by atoms with E-state index in [1.807, 2.05) is 18.5 Å². The van der Waals surface area contributed by atoms with E-state index in [1.54, 1.807) is 0 Å². The first-order valence-electron chi connectivity index (χ1n) is 5.45. The third kappa shape index (κ3) is 1.07. The highest BCUT2D eigenvalue weighted by atomic mass is 15.2. The van der Waals surface area contributed by atoms with Crippen molar-refractivity contribution in [2.45, 2.75) is 6.42 Å². The van der Waals surface area contributed by atoms with E-state index in [1.165, 1.54) is 19.5 Å². The normalized spacial score (nSPS) is 28.4. The molecule has 1 N–H and O–H groups in total. The van der Waals surface area contributed by atoms with Crippen molar-refractivity contribution >= 4 is 17.0 Å². The zero-order valence-electron chi connectivity index (χ0n) is 8.35. The molecule has 1 aliphatic carbocycles. The van der Waals surface area contributed by atoms with E-state index in [-0.39, 0.29) is 0 Å². The monoisotopic (exact) mass is 200 g/mol. The molecule has 0 aromatic carbocycles. The van der Waals surface area contributed by atoms with E-state index in [0.717, 1.165) is 28.8 Å². The average molecular weight is 200 g/mol. The van der Waals surface area contributed by atoms with E-state index < -0.39 is 0 Å². The van der Waals surface area contributed by atoms with Crippen molar-refractivity contribution in [3.05, 3.63) is 18.5 Å². The van der Waals surface area contributed by atoms with Gasteiger partial charge < -0.3 is 9.88 Å². The number of hydrogen-bond acceptors (Lipinski definition) is 3. The van der Waals surface area contributed by atoms with Gasteiger partial charge in [-0.2, -0.15) is 0 Å². The molecule has 2 unspecified atom stereocenters. The molecule has 2 atom stereocenters. The van der Waals surface area contributed by atoms with Crippen LogP contribution in [-0.4, -0.2) is 28.0 Å². The van der Waals surface area contributed by atoms with Gasteiger partial charge in [-0.3, -0.25) is 0 Å². The minimum Gasteiger partial charge on any atom is -0.355 e. The number of fused-ring (bicyclic) bond motifs is 2. The molecule has 3 heterocycles. The number of nitrogens with zero attached hydrogens (tertiary/aromatic N) is 3. The summed E-state index contributed by atoms with van der Waals surface area (Å²) in [4.78, 5) is 14.4. The average Bonchev–Trinajstić information content (AvgIpc) is 2.73. The van der Waals surface area contributed by atoms with Crippen LogP contribution < -0.4 is 4.90 Å². The van der Waals surface area contributed by atoms with Crippen LogP contribution in [0, 0.1) is 11.8 Å². The Kier molecular flexibility index (Phi) is 1.28. The molecule has 4 rings (SSSR count). The van der Waals surface area contributed by atoms with Crippen molar-refractivity contribution < 1.29 is 0 Å². The zero-order chi connectivity index (χ0) is 9.83. The van der Waals surface area contributed by atoms with Gasteiger partial charge in [0.05, 0.1) is 6.20 Å². The summed E-state index contributed by atoms with van der Waals surface area (Å²) >= 11 is 0. The van der Waals surface area contributed by atoms with Gasteiger partial charge in [0.15, 0.2) is 5.65 Å². The Morgan fingerprint density at radius 2 is 2.20 bits per heavy atom. The molecule has 2 fully saturated rings. The molecule has 1 saturated carbocycles. The van der Waals surface area contributed by atoms with Gasteiger partial charge >= 0.3 is 0 Å². The van der Waals surface area contributed by atoms with Crippen molar-refractivity contribution in [1.82, 2.24) is 15.0 Å². The maximum Gasteiger partial charge on any atom is 0.156 e. The van der Waals surface area contributed by atoms with Crippen molar-refractivity contribution in [2.75, 3.05) is 18.0 Å². The molecule has 2 aromatic heterocycles. The third-order valence-corrected chi connectivity index (χ3v) is 3.55. The van der Waals surface area contributed by atoms with Crippen LogP contribution in [-0.2, 0) is 0 Å². The Morgan fingerprint density at radius 1 is 1.33 bits per heavy atom. The van der Waals surface area contributed by atoms with Crippen LogP contribution in [0.3, 0.4) is 0 Å². The third-order valence-electron chi connectivity index (χ3n) is 3.55. The second-order valence-corrected chi connectivity index (χ2v) is 4.60. The van der Waals surface area contributed by atoms with Crippen LogP contribution in [0.25, 0.3) is 11.2 Å². The lowest BCUT2D eigenvalue weighted by molar-refractivity contribution is 0.805. The minimum atomic E-state index is 0.878. The number of H-pyrrole nitrogens is 1. The van der Waals surface area contributed by atoms with Gasteiger partial charge in [-0.05, 0) is 24.3 Å². The SMILES string of the molecule is c1cc2nc(N3CC4CC4C3)cnc2[nH]1. The first-order valence-corrected chi connectivity index (χ1v) is 5.45. The minimum absolute atomic E-state index is 0.878. The largest absolute Gasteiger partial charge is 0.355 e. The summed E-state index contributed by atoms with van der Waals surface area (Å²) in [5.74, 6) is 2.91. The Balaban J connectivity index is 1.74. The molecule has 15 heavy (non-hydrogen) atoms. The van der Waals surface area contributed by atoms with Gasteiger partial charge in [0, 0.05) is 19.3 Å². The summed E-state index contributed by atoms with van der Waals surface area (Å²) in [6.45, 7) is 2.35. The van der Waals surface area contributed by atoms with Gasteiger partial charge in [0.2, 0.25) is 0 Å². The molecule has 0 amide bonds. The molecule has 4 nitrogen and oxygen atoms in total. The van der Waals surface area contributed by atoms with Crippen LogP contribution >= 0.6 is 0 Å². The van der Waals surface area contributed by atoms with E-state index in [9.17, 15) is 0 Å². The molecule has 0 bridgehead atoms. The highest BCUT2D eigenvalue weighted by Crippen LogP contribution is 2.45. The summed E-state index contributed by atoms with van der Waals surface area (Å²) in [6, 6.07) is 1.97. The summed E-state index contributed by atoms with van der Waals surface area (Å²) in [7, 11) is 0. The number of nitrogens with one attached hydrogen (secondary N) is 1. The van der Waals surface area contributed by atoms with Gasteiger partial charge in [-0.1, -0.05) is 0 Å². The number of piperidine rings is 1. The maximum absolute atomic E-state index is 4.60. The van der Waals surface area contributed by atoms with Crippen LogP contribution in [0.5, 0.6) is 0 Å². The fourth-order valence-electron chi connectivity index (χ4n) is 2.56. The molecular formula is C11H12N4. The number of hydrogen-bond donors (Lipinski definition) is 1. The van der Waals surface area contributed by atoms with Gasteiger partial charge in [0.1, 0.15) is 11.3 Å².